The molecule has 10 heteroatoms. The van der Waals surface area contributed by atoms with Crippen LogP contribution in [0.3, 0.4) is 0 Å². The quantitative estimate of drug-likeness (QED) is 0.698. The predicted molar refractivity (Wildman–Crippen MR) is 84.7 cm³/mol. The molecule has 106 valence electrons. The summed E-state index contributed by atoms with van der Waals surface area (Å²) in [5, 5.41) is -0.100. The van der Waals surface area contributed by atoms with Crippen molar-refractivity contribution in [2.75, 3.05) is 4.72 Å². The number of nitrogens with zero attached hydrogens (tertiary/aromatic N) is 2. The summed E-state index contributed by atoms with van der Waals surface area (Å²) < 4.78 is 27.9. The van der Waals surface area contributed by atoms with E-state index in [1.54, 1.807) is 12.1 Å². The lowest BCUT2D eigenvalue weighted by molar-refractivity contribution is 0.600. The summed E-state index contributed by atoms with van der Waals surface area (Å²) in [5.41, 5.74) is 0. The lowest BCUT2D eigenvalue weighted by atomic mass is 10.4. The Morgan fingerprint density at radius 2 is 1.85 bits per heavy atom. The topological polar surface area (TPSA) is 72.0 Å². The highest BCUT2D eigenvalue weighted by Gasteiger charge is 2.21. The molecular weight excluding hydrogens is 457 g/mol. The lowest BCUT2D eigenvalue weighted by Gasteiger charge is -2.10. The van der Waals surface area contributed by atoms with Crippen molar-refractivity contribution in [3.05, 3.63) is 43.6 Å². The standard InChI is InChI=1S/C10H5Br2Cl2N3O2S/c11-5-1-2-6(12)7(3-5)20(18,19)17-10-8(13)9(14)15-4-16-10/h1-4H,(H,15,16,17). The summed E-state index contributed by atoms with van der Waals surface area (Å²) >= 11 is 18.0. The number of rotatable bonds is 3. The molecule has 2 rings (SSSR count). The van der Waals surface area contributed by atoms with Gasteiger partial charge < -0.3 is 0 Å². The van der Waals surface area contributed by atoms with Gasteiger partial charge in [-0.15, -0.1) is 0 Å². The van der Waals surface area contributed by atoms with Gasteiger partial charge in [0.1, 0.15) is 16.2 Å². The second kappa shape index (κ2) is 6.15. The normalized spacial score (nSPS) is 11.4. The number of hydrogen-bond acceptors (Lipinski definition) is 4. The van der Waals surface area contributed by atoms with Gasteiger partial charge in [0.2, 0.25) is 0 Å². The first-order chi connectivity index (χ1) is 9.31. The van der Waals surface area contributed by atoms with Crippen LogP contribution in [-0.4, -0.2) is 18.4 Å². The van der Waals surface area contributed by atoms with E-state index in [4.69, 9.17) is 23.2 Å². The minimum absolute atomic E-state index is 0.0346. The highest BCUT2D eigenvalue weighted by atomic mass is 79.9. The van der Waals surface area contributed by atoms with Gasteiger partial charge in [-0.3, -0.25) is 4.72 Å². The maximum atomic E-state index is 12.3. The van der Waals surface area contributed by atoms with Crippen LogP contribution in [0, 0.1) is 0 Å². The van der Waals surface area contributed by atoms with E-state index in [1.807, 2.05) is 0 Å². The Balaban J connectivity index is 2.46. The Bertz CT molecular complexity index is 771. The lowest BCUT2D eigenvalue weighted by Crippen LogP contribution is -2.15. The van der Waals surface area contributed by atoms with Crippen molar-refractivity contribution in [3.63, 3.8) is 0 Å². The van der Waals surface area contributed by atoms with E-state index < -0.39 is 10.0 Å². The molecule has 1 aromatic carbocycles. The Morgan fingerprint density at radius 1 is 1.15 bits per heavy atom. The summed E-state index contributed by atoms with van der Waals surface area (Å²) in [7, 11) is -3.87. The summed E-state index contributed by atoms with van der Waals surface area (Å²) in [5.74, 6) is -0.0847. The van der Waals surface area contributed by atoms with Gasteiger partial charge in [0.25, 0.3) is 10.0 Å². The second-order valence-electron chi connectivity index (χ2n) is 3.51. The van der Waals surface area contributed by atoms with E-state index in [1.165, 1.54) is 6.07 Å². The van der Waals surface area contributed by atoms with E-state index in [-0.39, 0.29) is 20.9 Å². The Hall–Kier alpha value is -0.410. The van der Waals surface area contributed by atoms with Crippen LogP contribution in [0.4, 0.5) is 5.82 Å². The zero-order valence-corrected chi connectivity index (χ0v) is 14.9. The van der Waals surface area contributed by atoms with E-state index in [0.29, 0.717) is 8.95 Å². The molecule has 0 fully saturated rings. The fourth-order valence-corrected chi connectivity index (χ4v) is 4.14. The van der Waals surface area contributed by atoms with Crippen molar-refractivity contribution in [2.45, 2.75) is 4.90 Å². The SMILES string of the molecule is O=S(=O)(Nc1ncnc(Cl)c1Cl)c1cc(Br)ccc1Br. The van der Waals surface area contributed by atoms with Gasteiger partial charge in [0, 0.05) is 8.95 Å². The van der Waals surface area contributed by atoms with Gasteiger partial charge in [-0.1, -0.05) is 39.1 Å². The second-order valence-corrected chi connectivity index (χ2v) is 7.66. The van der Waals surface area contributed by atoms with Crippen LogP contribution in [-0.2, 0) is 10.0 Å². The van der Waals surface area contributed by atoms with E-state index in [2.05, 4.69) is 46.5 Å². The van der Waals surface area contributed by atoms with Crippen LogP contribution in [0.2, 0.25) is 10.2 Å². The summed E-state index contributed by atoms with van der Waals surface area (Å²) in [6.45, 7) is 0. The first-order valence-electron chi connectivity index (χ1n) is 4.95. The number of halogens is 4. The molecule has 0 atom stereocenters. The number of anilines is 1. The molecule has 5 nitrogen and oxygen atoms in total. The highest BCUT2D eigenvalue weighted by molar-refractivity contribution is 9.11. The monoisotopic (exact) mass is 459 g/mol. The molecule has 0 aliphatic carbocycles. The van der Waals surface area contributed by atoms with Crippen molar-refractivity contribution in [1.82, 2.24) is 9.97 Å². The van der Waals surface area contributed by atoms with Gasteiger partial charge in [0.05, 0.1) is 0 Å². The maximum absolute atomic E-state index is 12.3. The molecule has 0 saturated heterocycles. The average molecular weight is 462 g/mol. The smallest absolute Gasteiger partial charge is 0.262 e. The fourth-order valence-electron chi connectivity index (χ4n) is 1.28. The fraction of sp³-hybridized carbons (Fsp3) is 0. The molecular formula is C10H5Br2Cl2N3O2S. The molecule has 1 N–H and O–H groups in total. The third-order valence-corrected chi connectivity index (χ3v) is 5.73. The van der Waals surface area contributed by atoms with Crippen molar-refractivity contribution < 1.29 is 8.42 Å². The molecule has 20 heavy (non-hydrogen) atoms. The minimum atomic E-state index is -3.87. The largest absolute Gasteiger partial charge is 0.264 e. The van der Waals surface area contributed by atoms with E-state index in [9.17, 15) is 8.42 Å². The third kappa shape index (κ3) is 3.43. The Labute approximate surface area is 142 Å². The van der Waals surface area contributed by atoms with Crippen LogP contribution < -0.4 is 4.72 Å². The molecule has 0 radical (unpaired) electrons. The van der Waals surface area contributed by atoms with Gasteiger partial charge in [0.15, 0.2) is 11.0 Å². The molecule has 0 spiro atoms. The molecule has 2 aromatic rings. The van der Waals surface area contributed by atoms with Crippen molar-refractivity contribution in [3.8, 4) is 0 Å². The average Bonchev–Trinajstić information content (AvgIpc) is 2.37. The molecule has 0 amide bonds. The van der Waals surface area contributed by atoms with Crippen LogP contribution >= 0.6 is 55.1 Å². The van der Waals surface area contributed by atoms with Gasteiger partial charge in [-0.2, -0.15) is 0 Å². The zero-order chi connectivity index (χ0) is 14.9. The first-order valence-corrected chi connectivity index (χ1v) is 8.77. The number of nitrogens with one attached hydrogen (secondary N) is 1. The molecule has 0 saturated carbocycles. The zero-order valence-electron chi connectivity index (χ0n) is 9.44. The van der Waals surface area contributed by atoms with Crippen LogP contribution in [0.15, 0.2) is 38.4 Å². The van der Waals surface area contributed by atoms with Crippen molar-refractivity contribution >= 4 is 70.9 Å². The Kier molecular flexibility index (Phi) is 4.91. The number of benzene rings is 1. The summed E-state index contributed by atoms with van der Waals surface area (Å²) in [6.07, 6.45) is 1.11. The molecule has 0 aliphatic rings. The van der Waals surface area contributed by atoms with Gasteiger partial charge in [-0.05, 0) is 34.1 Å². The number of hydrogen-bond donors (Lipinski definition) is 1. The predicted octanol–water partition coefficient (Wildman–Crippen LogP) is 4.11. The number of aromatic nitrogens is 2. The number of sulfonamides is 1. The first kappa shape index (κ1) is 16.0. The maximum Gasteiger partial charge on any atom is 0.264 e. The molecule has 0 unspecified atom stereocenters. The minimum Gasteiger partial charge on any atom is -0.262 e. The van der Waals surface area contributed by atoms with E-state index in [0.717, 1.165) is 6.33 Å². The van der Waals surface area contributed by atoms with Crippen LogP contribution in [0.1, 0.15) is 0 Å². The van der Waals surface area contributed by atoms with Crippen LogP contribution in [0.25, 0.3) is 0 Å². The van der Waals surface area contributed by atoms with Gasteiger partial charge >= 0.3 is 0 Å². The third-order valence-electron chi connectivity index (χ3n) is 2.16. The summed E-state index contributed by atoms with van der Waals surface area (Å²) in [4.78, 5) is 7.44. The Morgan fingerprint density at radius 3 is 2.55 bits per heavy atom. The van der Waals surface area contributed by atoms with E-state index >= 15 is 0 Å². The molecule has 0 bridgehead atoms. The van der Waals surface area contributed by atoms with Crippen molar-refractivity contribution in [2.24, 2.45) is 0 Å². The molecule has 1 heterocycles. The molecule has 1 aromatic heterocycles. The molecule has 0 aliphatic heterocycles. The highest BCUT2D eigenvalue weighted by Crippen LogP contribution is 2.30. The van der Waals surface area contributed by atoms with Crippen molar-refractivity contribution in [1.29, 1.82) is 0 Å². The van der Waals surface area contributed by atoms with Gasteiger partial charge in [-0.25, -0.2) is 18.4 Å². The van der Waals surface area contributed by atoms with Crippen LogP contribution in [0.5, 0.6) is 0 Å². The summed E-state index contributed by atoms with van der Waals surface area (Å²) in [6, 6.07) is 4.76.